The average Bonchev–Trinajstić information content (AvgIpc) is 2.27. The van der Waals surface area contributed by atoms with Gasteiger partial charge in [0.25, 0.3) is 0 Å². The van der Waals surface area contributed by atoms with E-state index in [9.17, 15) is 4.79 Å². The van der Waals surface area contributed by atoms with Gasteiger partial charge < -0.3 is 4.74 Å². The van der Waals surface area contributed by atoms with Crippen molar-refractivity contribution in [1.82, 2.24) is 0 Å². The van der Waals surface area contributed by atoms with Crippen LogP contribution in [0.1, 0.15) is 11.1 Å². The van der Waals surface area contributed by atoms with Gasteiger partial charge in [-0.3, -0.25) is 4.99 Å². The molecule has 0 aliphatic carbocycles. The lowest BCUT2D eigenvalue weighted by Crippen LogP contribution is -2.22. The van der Waals surface area contributed by atoms with Crippen molar-refractivity contribution in [3.63, 3.8) is 0 Å². The molecule has 1 aromatic carbocycles. The van der Waals surface area contributed by atoms with E-state index in [1.807, 2.05) is 24.3 Å². The minimum atomic E-state index is -0.320. The predicted molar refractivity (Wildman–Crippen MR) is 53.3 cm³/mol. The van der Waals surface area contributed by atoms with Crippen LogP contribution in [0.25, 0.3) is 0 Å². The van der Waals surface area contributed by atoms with Gasteiger partial charge >= 0.3 is 5.97 Å². The largest absolute Gasteiger partial charge is 0.465 e. The molecular weight excluding hydrogens is 178 g/mol. The Hall–Kier alpha value is -1.64. The fraction of sp³-hybridized carbons (Fsp3) is 0.273. The van der Waals surface area contributed by atoms with Crippen molar-refractivity contribution in [2.75, 3.05) is 7.11 Å². The molecule has 0 saturated heterocycles. The summed E-state index contributed by atoms with van der Waals surface area (Å²) in [4.78, 5) is 15.4. The molecule has 0 unspecified atom stereocenters. The number of fused-ring (bicyclic) bond motifs is 1. The molecule has 0 saturated carbocycles. The van der Waals surface area contributed by atoms with Gasteiger partial charge in [-0.2, -0.15) is 0 Å². The first kappa shape index (κ1) is 8.94. The first-order valence-electron chi connectivity index (χ1n) is 4.49. The van der Waals surface area contributed by atoms with Crippen LogP contribution in [0.2, 0.25) is 0 Å². The zero-order chi connectivity index (χ0) is 9.97. The molecule has 0 radical (unpaired) electrons. The van der Waals surface area contributed by atoms with Crippen LogP contribution in [0, 0.1) is 0 Å². The normalized spacial score (nSPS) is 14.2. The van der Waals surface area contributed by atoms with E-state index in [2.05, 4.69) is 9.73 Å². The minimum absolute atomic E-state index is 0.320. The third kappa shape index (κ3) is 1.53. The smallest absolute Gasteiger partial charge is 0.352 e. The maximum absolute atomic E-state index is 11.2. The summed E-state index contributed by atoms with van der Waals surface area (Å²) in [7, 11) is 1.38. The molecule has 0 N–H and O–H groups in total. The number of nitrogens with zero attached hydrogens (tertiary/aromatic N) is 1. The number of benzene rings is 1. The Morgan fingerprint density at radius 1 is 1.36 bits per heavy atom. The summed E-state index contributed by atoms with van der Waals surface area (Å²) >= 11 is 0. The third-order valence-corrected chi connectivity index (χ3v) is 2.34. The molecule has 0 atom stereocenters. The summed E-state index contributed by atoms with van der Waals surface area (Å²) in [6.07, 6.45) is 0.586. The molecule has 3 heteroatoms. The van der Waals surface area contributed by atoms with Gasteiger partial charge in [0.05, 0.1) is 13.7 Å². The number of hydrogen-bond donors (Lipinski definition) is 0. The molecule has 3 nitrogen and oxygen atoms in total. The fourth-order valence-corrected chi connectivity index (χ4v) is 1.56. The van der Waals surface area contributed by atoms with Crippen molar-refractivity contribution < 1.29 is 9.53 Å². The zero-order valence-electron chi connectivity index (χ0n) is 7.99. The number of ether oxygens (including phenoxy) is 1. The highest BCUT2D eigenvalue weighted by Crippen LogP contribution is 2.16. The number of rotatable bonds is 1. The van der Waals surface area contributed by atoms with E-state index in [4.69, 9.17) is 0 Å². The zero-order valence-corrected chi connectivity index (χ0v) is 7.99. The third-order valence-electron chi connectivity index (χ3n) is 2.34. The molecule has 1 heterocycles. The predicted octanol–water partition coefficient (Wildman–Crippen LogP) is 1.36. The topological polar surface area (TPSA) is 38.7 Å². The molecule has 0 bridgehead atoms. The second kappa shape index (κ2) is 3.62. The average molecular weight is 189 g/mol. The van der Waals surface area contributed by atoms with Gasteiger partial charge in [0.15, 0.2) is 0 Å². The lowest BCUT2D eigenvalue weighted by molar-refractivity contribution is -0.132. The maximum atomic E-state index is 11.2. The second-order valence-electron chi connectivity index (χ2n) is 3.20. The van der Waals surface area contributed by atoms with E-state index in [0.717, 1.165) is 0 Å². The van der Waals surface area contributed by atoms with Gasteiger partial charge in [0, 0.05) is 6.42 Å². The quantitative estimate of drug-likeness (QED) is 0.625. The van der Waals surface area contributed by atoms with Crippen LogP contribution in [-0.4, -0.2) is 18.8 Å². The maximum Gasteiger partial charge on any atom is 0.352 e. The fourth-order valence-electron chi connectivity index (χ4n) is 1.56. The number of esters is 1. The molecule has 0 aromatic heterocycles. The standard InChI is InChI=1S/C11H11NO2/c1-14-11(13)10-6-8-4-2-3-5-9(8)7-12-10/h2-5H,6-7H2,1H3. The highest BCUT2D eigenvalue weighted by Gasteiger charge is 2.17. The monoisotopic (exact) mass is 189 g/mol. The molecule has 0 amide bonds. The number of methoxy groups -OCH3 is 1. The van der Waals surface area contributed by atoms with Crippen molar-refractivity contribution in [3.05, 3.63) is 35.4 Å². The second-order valence-corrected chi connectivity index (χ2v) is 3.20. The van der Waals surface area contributed by atoms with Crippen LogP contribution in [0.15, 0.2) is 29.3 Å². The highest BCUT2D eigenvalue weighted by molar-refractivity contribution is 6.37. The molecule has 0 spiro atoms. The van der Waals surface area contributed by atoms with E-state index in [1.165, 1.54) is 18.2 Å². The van der Waals surface area contributed by atoms with E-state index in [1.54, 1.807) is 0 Å². The summed E-state index contributed by atoms with van der Waals surface area (Å²) in [5.41, 5.74) is 2.88. The van der Waals surface area contributed by atoms with E-state index in [0.29, 0.717) is 18.7 Å². The van der Waals surface area contributed by atoms with Gasteiger partial charge in [0.1, 0.15) is 5.71 Å². The number of carbonyl (C=O) groups is 1. The Balaban J connectivity index is 2.25. The highest BCUT2D eigenvalue weighted by atomic mass is 16.5. The minimum Gasteiger partial charge on any atom is -0.465 e. The molecule has 0 fully saturated rings. The van der Waals surface area contributed by atoms with E-state index >= 15 is 0 Å². The Morgan fingerprint density at radius 3 is 2.79 bits per heavy atom. The molecule has 1 aliphatic rings. The molecule has 1 aromatic rings. The Kier molecular flexibility index (Phi) is 2.31. The van der Waals surface area contributed by atoms with Gasteiger partial charge in [-0.05, 0) is 11.1 Å². The molecular formula is C11H11NO2. The summed E-state index contributed by atoms with van der Waals surface area (Å²) in [5.74, 6) is -0.320. The van der Waals surface area contributed by atoms with E-state index < -0.39 is 0 Å². The van der Waals surface area contributed by atoms with E-state index in [-0.39, 0.29) is 5.97 Å². The van der Waals surface area contributed by atoms with Crippen molar-refractivity contribution in [2.45, 2.75) is 13.0 Å². The van der Waals surface area contributed by atoms with Crippen molar-refractivity contribution >= 4 is 11.7 Å². The summed E-state index contributed by atoms with van der Waals surface area (Å²) in [6.45, 7) is 0.584. The Labute approximate surface area is 82.4 Å². The number of carbonyl (C=O) groups excluding carboxylic acids is 1. The SMILES string of the molecule is COC(=O)C1=NCc2ccccc2C1. The Morgan fingerprint density at radius 2 is 2.07 bits per heavy atom. The van der Waals surface area contributed by atoms with Gasteiger partial charge in [-0.25, -0.2) is 4.79 Å². The van der Waals surface area contributed by atoms with Crippen LogP contribution >= 0.6 is 0 Å². The first-order chi connectivity index (χ1) is 6.81. The van der Waals surface area contributed by atoms with Crippen molar-refractivity contribution in [1.29, 1.82) is 0 Å². The lowest BCUT2D eigenvalue weighted by atomic mass is 9.99. The summed E-state index contributed by atoms with van der Waals surface area (Å²) < 4.78 is 4.63. The molecule has 72 valence electrons. The molecule has 1 aliphatic heterocycles. The molecule has 2 rings (SSSR count). The van der Waals surface area contributed by atoms with Crippen molar-refractivity contribution in [3.8, 4) is 0 Å². The summed E-state index contributed by atoms with van der Waals surface area (Å²) in [5, 5.41) is 0. The van der Waals surface area contributed by atoms with Crippen molar-refractivity contribution in [2.24, 2.45) is 4.99 Å². The summed E-state index contributed by atoms with van der Waals surface area (Å²) in [6, 6.07) is 8.01. The van der Waals surface area contributed by atoms with Gasteiger partial charge in [0.2, 0.25) is 0 Å². The van der Waals surface area contributed by atoms with Crippen LogP contribution < -0.4 is 0 Å². The number of aliphatic imine (C=N–C) groups is 1. The number of hydrogen-bond acceptors (Lipinski definition) is 3. The molecule has 14 heavy (non-hydrogen) atoms. The van der Waals surface area contributed by atoms with Gasteiger partial charge in [-0.1, -0.05) is 24.3 Å². The van der Waals surface area contributed by atoms with Crippen LogP contribution in [0.4, 0.5) is 0 Å². The first-order valence-corrected chi connectivity index (χ1v) is 4.49. The Bertz CT molecular complexity index is 396. The van der Waals surface area contributed by atoms with Crippen LogP contribution in [0.3, 0.4) is 0 Å². The van der Waals surface area contributed by atoms with Crippen LogP contribution in [0.5, 0.6) is 0 Å². The van der Waals surface area contributed by atoms with Gasteiger partial charge in [-0.15, -0.1) is 0 Å². The van der Waals surface area contributed by atoms with Crippen LogP contribution in [-0.2, 0) is 22.5 Å². The lowest BCUT2D eigenvalue weighted by Gasteiger charge is -2.14.